The minimum absolute atomic E-state index is 0.0487. The monoisotopic (exact) mass is 379 g/mol. The number of rotatable bonds is 6. The van der Waals surface area contributed by atoms with Gasteiger partial charge in [-0.25, -0.2) is 9.59 Å². The molecular formula is C16H13NO8S. The van der Waals surface area contributed by atoms with Crippen LogP contribution in [0, 0.1) is 10.1 Å². The highest BCUT2D eigenvalue weighted by Crippen LogP contribution is 2.28. The summed E-state index contributed by atoms with van der Waals surface area (Å²) in [6, 6.07) is 13.9. The first-order valence-electron chi connectivity index (χ1n) is 7.14. The van der Waals surface area contributed by atoms with Gasteiger partial charge in [0.05, 0.1) is 4.90 Å². The van der Waals surface area contributed by atoms with Crippen molar-refractivity contribution in [2.75, 3.05) is 0 Å². The van der Waals surface area contributed by atoms with Gasteiger partial charge in [-0.3, -0.25) is 15.0 Å². The second-order valence-electron chi connectivity index (χ2n) is 5.26. The number of carbonyl (C=O) groups excluding carboxylic acids is 2. The van der Waals surface area contributed by atoms with E-state index in [0.29, 0.717) is 0 Å². The number of carbonyl (C=O) groups is 2. The fourth-order valence-corrected chi connectivity index (χ4v) is 2.79. The van der Waals surface area contributed by atoms with Crippen LogP contribution in [0.2, 0.25) is 0 Å². The predicted molar refractivity (Wildman–Crippen MR) is 86.6 cm³/mol. The normalized spacial score (nSPS) is 13.4. The van der Waals surface area contributed by atoms with Gasteiger partial charge in [-0.2, -0.15) is 8.42 Å². The maximum Gasteiger partial charge on any atom is 0.466 e. The molecule has 1 amide bonds. The van der Waals surface area contributed by atoms with Gasteiger partial charge in [-0.1, -0.05) is 48.5 Å². The summed E-state index contributed by atoms with van der Waals surface area (Å²) < 4.78 is 28.2. The smallest absolute Gasteiger partial charge is 0.279 e. The van der Waals surface area contributed by atoms with E-state index < -0.39 is 32.3 Å². The summed E-state index contributed by atoms with van der Waals surface area (Å²) >= 11 is 0. The Bertz CT molecular complexity index is 927. The first-order valence-corrected chi connectivity index (χ1v) is 8.55. The fraction of sp³-hybridized carbons (Fsp3) is 0.125. The molecule has 2 aromatic carbocycles. The molecule has 2 rings (SSSR count). The number of hydrogen-bond acceptors (Lipinski definition) is 8. The third-order valence-electron chi connectivity index (χ3n) is 3.58. The molecule has 9 nitrogen and oxygen atoms in total. The van der Waals surface area contributed by atoms with Crippen LogP contribution >= 0.6 is 0 Å². The summed E-state index contributed by atoms with van der Waals surface area (Å²) in [7, 11) is -4.47. The van der Waals surface area contributed by atoms with Crippen LogP contribution in [-0.4, -0.2) is 25.2 Å². The molecule has 0 fully saturated rings. The van der Waals surface area contributed by atoms with Crippen molar-refractivity contribution in [2.24, 2.45) is 0 Å². The van der Waals surface area contributed by atoms with E-state index in [-0.39, 0.29) is 10.5 Å². The van der Waals surface area contributed by atoms with Gasteiger partial charge >= 0.3 is 22.0 Å². The Balaban J connectivity index is 2.31. The molecule has 1 atom stereocenters. The number of nitro groups is 1. The molecule has 26 heavy (non-hydrogen) atoms. The molecule has 0 aliphatic heterocycles. The maximum atomic E-state index is 12.4. The average Bonchev–Trinajstić information content (AvgIpc) is 2.66. The Morgan fingerprint density at radius 1 is 1.00 bits per heavy atom. The van der Waals surface area contributed by atoms with Crippen LogP contribution in [0.15, 0.2) is 65.6 Å². The Morgan fingerprint density at radius 3 is 2.00 bits per heavy atom. The van der Waals surface area contributed by atoms with Crippen molar-refractivity contribution < 1.29 is 32.2 Å². The van der Waals surface area contributed by atoms with Crippen molar-refractivity contribution in [3.63, 3.8) is 0 Å². The van der Waals surface area contributed by atoms with Crippen molar-refractivity contribution in [3.05, 3.63) is 76.3 Å². The van der Waals surface area contributed by atoms with Gasteiger partial charge in [0.1, 0.15) is 4.92 Å². The summed E-state index contributed by atoms with van der Waals surface area (Å²) in [4.78, 5) is 38.0. The second-order valence-corrected chi connectivity index (χ2v) is 6.78. The van der Waals surface area contributed by atoms with Gasteiger partial charge < -0.3 is 0 Å². The van der Waals surface area contributed by atoms with Gasteiger partial charge in [-0.05, 0) is 29.0 Å². The van der Waals surface area contributed by atoms with Crippen molar-refractivity contribution in [1.82, 2.24) is 0 Å². The zero-order valence-corrected chi connectivity index (χ0v) is 14.2. The Kier molecular flexibility index (Phi) is 5.48. The summed E-state index contributed by atoms with van der Waals surface area (Å²) in [5.41, 5.74) is -2.44. The van der Waals surface area contributed by atoms with E-state index >= 15 is 0 Å². The number of benzene rings is 2. The van der Waals surface area contributed by atoms with Gasteiger partial charge in [-0.15, -0.1) is 0 Å². The Labute approximate surface area is 148 Å². The minimum Gasteiger partial charge on any atom is -0.279 e. The van der Waals surface area contributed by atoms with E-state index in [1.54, 1.807) is 12.1 Å². The van der Waals surface area contributed by atoms with E-state index in [9.17, 15) is 28.1 Å². The summed E-state index contributed by atoms with van der Waals surface area (Å²) in [6.07, 6.45) is 0. The van der Waals surface area contributed by atoms with Crippen molar-refractivity contribution >= 4 is 22.0 Å². The fourth-order valence-electron chi connectivity index (χ4n) is 2.07. The molecular weight excluding hydrogens is 366 g/mol. The molecule has 0 radical (unpaired) electrons. The number of hydrogen-bond donors (Lipinski definition) is 0. The summed E-state index contributed by atoms with van der Waals surface area (Å²) in [5.74, 6) is -3.22. The van der Waals surface area contributed by atoms with Crippen LogP contribution in [0.3, 0.4) is 0 Å². The van der Waals surface area contributed by atoms with Gasteiger partial charge in [0.2, 0.25) is 5.41 Å². The van der Waals surface area contributed by atoms with Crippen LogP contribution < -0.4 is 0 Å². The molecule has 10 heteroatoms. The highest BCUT2D eigenvalue weighted by Gasteiger charge is 2.53. The lowest BCUT2D eigenvalue weighted by atomic mass is 9.82. The van der Waals surface area contributed by atoms with Crippen molar-refractivity contribution in [3.8, 4) is 0 Å². The first kappa shape index (κ1) is 19.2. The Morgan fingerprint density at radius 2 is 1.50 bits per heavy atom. The van der Waals surface area contributed by atoms with Gasteiger partial charge in [0.25, 0.3) is 0 Å². The molecule has 0 aromatic heterocycles. The van der Waals surface area contributed by atoms with Gasteiger partial charge in [0.15, 0.2) is 0 Å². The average molecular weight is 379 g/mol. The van der Waals surface area contributed by atoms with E-state index in [1.807, 2.05) is 0 Å². The highest BCUT2D eigenvalue weighted by molar-refractivity contribution is 7.86. The topological polar surface area (TPSA) is 130 Å². The van der Waals surface area contributed by atoms with Crippen LogP contribution in [0.4, 0.5) is 0 Å². The quantitative estimate of drug-likeness (QED) is 0.320. The molecule has 0 heterocycles. The van der Waals surface area contributed by atoms with Crippen molar-refractivity contribution in [2.45, 2.75) is 17.2 Å². The molecule has 136 valence electrons. The standard InChI is InChI=1S/C16H13NO8S/c1-16(14(18)17(20)21,12-8-4-2-5-9-12)15(19)24-25-26(22,23)13-10-6-3-7-11-13/h2-11H,1H3. The zero-order chi connectivity index (χ0) is 19.4. The molecule has 0 saturated heterocycles. The van der Waals surface area contributed by atoms with E-state index in [0.717, 1.165) is 6.92 Å². The van der Waals surface area contributed by atoms with Crippen LogP contribution in [0.25, 0.3) is 0 Å². The Hall–Kier alpha value is -3.11. The SMILES string of the molecule is CC(C(=O)OOS(=O)(=O)c1ccccc1)(C(=O)[N+](=O)[O-])c1ccccc1. The maximum absolute atomic E-state index is 12.4. The van der Waals surface area contributed by atoms with E-state index in [1.165, 1.54) is 48.5 Å². The molecule has 0 bridgehead atoms. The van der Waals surface area contributed by atoms with Gasteiger partial charge in [0, 0.05) is 0 Å². The molecule has 1 unspecified atom stereocenters. The molecule has 0 N–H and O–H groups in total. The molecule has 0 aliphatic carbocycles. The largest absolute Gasteiger partial charge is 0.466 e. The third kappa shape index (κ3) is 3.76. The third-order valence-corrected chi connectivity index (χ3v) is 4.68. The number of amides is 1. The highest BCUT2D eigenvalue weighted by atomic mass is 32.2. The zero-order valence-electron chi connectivity index (χ0n) is 13.4. The second kappa shape index (κ2) is 7.42. The molecule has 0 aliphatic rings. The summed E-state index contributed by atoms with van der Waals surface area (Å²) in [6.45, 7) is 0.953. The van der Waals surface area contributed by atoms with Crippen LogP contribution in [0.5, 0.6) is 0 Å². The minimum atomic E-state index is -4.47. The lowest BCUT2D eigenvalue weighted by molar-refractivity contribution is -0.407. The molecule has 0 saturated carbocycles. The summed E-state index contributed by atoms with van der Waals surface area (Å²) in [5, 5.41) is 10.9. The van der Waals surface area contributed by atoms with E-state index in [2.05, 4.69) is 9.22 Å². The van der Waals surface area contributed by atoms with Crippen LogP contribution in [0.1, 0.15) is 12.5 Å². The first-order chi connectivity index (χ1) is 12.2. The van der Waals surface area contributed by atoms with E-state index in [4.69, 9.17) is 0 Å². The predicted octanol–water partition coefficient (Wildman–Crippen LogP) is 1.61. The van der Waals surface area contributed by atoms with Crippen molar-refractivity contribution in [1.29, 1.82) is 0 Å². The molecule has 0 spiro atoms. The lowest BCUT2D eigenvalue weighted by Gasteiger charge is -2.20. The molecule has 2 aromatic rings. The lowest BCUT2D eigenvalue weighted by Crippen LogP contribution is -2.46. The number of nitrogens with zero attached hydrogens (tertiary/aromatic N) is 1. The van der Waals surface area contributed by atoms with Crippen LogP contribution in [-0.2, 0) is 34.3 Å².